The molecule has 3 rings (SSSR count). The van der Waals surface area contributed by atoms with Gasteiger partial charge < -0.3 is 14.5 Å². The maximum atomic E-state index is 12.4. The van der Waals surface area contributed by atoms with Crippen molar-refractivity contribution in [3.63, 3.8) is 0 Å². The summed E-state index contributed by atoms with van der Waals surface area (Å²) in [5.41, 5.74) is 5.15. The van der Waals surface area contributed by atoms with Gasteiger partial charge in [0.05, 0.1) is 6.61 Å². The number of nitrogens with zero attached hydrogens (tertiary/aromatic N) is 2. The molecule has 6 heteroatoms. The van der Waals surface area contributed by atoms with Gasteiger partial charge in [-0.25, -0.2) is 0 Å². The van der Waals surface area contributed by atoms with E-state index in [0.29, 0.717) is 23.8 Å². The first-order valence-corrected chi connectivity index (χ1v) is 7.92. The number of hydrogen-bond donors (Lipinski definition) is 2. The molecule has 0 aliphatic carbocycles. The number of rotatable bonds is 4. The van der Waals surface area contributed by atoms with E-state index < -0.39 is 0 Å². The molecule has 3 aromatic rings. The number of aromatic nitrogens is 2. The second-order valence-corrected chi connectivity index (χ2v) is 5.93. The number of hydrogen-bond acceptors (Lipinski definition) is 5. The van der Waals surface area contributed by atoms with Crippen LogP contribution in [-0.4, -0.2) is 22.1 Å². The molecule has 0 bridgehead atoms. The molecule has 2 aromatic heterocycles. The Hall–Kier alpha value is -2.60. The van der Waals surface area contributed by atoms with Gasteiger partial charge in [-0.3, -0.25) is 9.69 Å². The molecule has 6 nitrogen and oxygen atoms in total. The van der Waals surface area contributed by atoms with Crippen molar-refractivity contribution >= 4 is 22.8 Å². The molecule has 0 aliphatic heterocycles. The Morgan fingerprint density at radius 3 is 2.62 bits per heavy atom. The molecular weight excluding hydrogens is 306 g/mol. The zero-order valence-electron chi connectivity index (χ0n) is 14.3. The molecule has 0 amide bonds. The van der Waals surface area contributed by atoms with Crippen LogP contribution in [0.2, 0.25) is 0 Å². The summed E-state index contributed by atoms with van der Waals surface area (Å²) in [6.45, 7) is 5.73. The molecule has 1 aromatic carbocycles. The largest absolute Gasteiger partial charge is 0.423 e. The molecule has 0 atom stereocenters. The van der Waals surface area contributed by atoms with Crippen LogP contribution in [0.15, 0.2) is 27.4 Å². The fraction of sp³-hybridized carbons (Fsp3) is 0.333. The van der Waals surface area contributed by atoms with Gasteiger partial charge in [-0.2, -0.15) is 4.98 Å². The Kier molecular flexibility index (Phi) is 4.15. The average Bonchev–Trinajstić information content (AvgIpc) is 3.04. The number of pyridine rings is 1. The Balaban J connectivity index is 2.13. The number of fused-ring (bicyclic) bond motifs is 1. The highest BCUT2D eigenvalue weighted by Gasteiger charge is 2.18. The van der Waals surface area contributed by atoms with E-state index in [0.717, 1.165) is 27.8 Å². The van der Waals surface area contributed by atoms with Crippen molar-refractivity contribution in [3.05, 3.63) is 50.9 Å². The van der Waals surface area contributed by atoms with Crippen LogP contribution < -0.4 is 10.5 Å². The normalized spacial score (nSPS) is 11.2. The number of nitrogens with one attached hydrogen (secondary N) is 1. The monoisotopic (exact) mass is 327 g/mol. The number of aliphatic hydroxyl groups excluding tert-OH is 1. The lowest BCUT2D eigenvalue weighted by Crippen LogP contribution is -2.22. The summed E-state index contributed by atoms with van der Waals surface area (Å²) in [5, 5.41) is 9.36. The first kappa shape index (κ1) is 16.3. The molecule has 2 N–H and O–H groups in total. The molecular formula is C18H21N3O3. The van der Waals surface area contributed by atoms with Crippen molar-refractivity contribution < 1.29 is 9.52 Å². The Morgan fingerprint density at radius 2 is 2.00 bits per heavy atom. The fourth-order valence-electron chi connectivity index (χ4n) is 2.80. The SMILES string of the molecule is CCc1cc(N(C)c2nc3c(C)ccc(C)c3o2)c(=O)[nH]c1CO. The maximum absolute atomic E-state index is 12.4. The molecule has 24 heavy (non-hydrogen) atoms. The summed E-state index contributed by atoms with van der Waals surface area (Å²) in [7, 11) is 1.75. The van der Waals surface area contributed by atoms with Gasteiger partial charge in [-0.15, -0.1) is 0 Å². The highest BCUT2D eigenvalue weighted by molar-refractivity contribution is 5.81. The van der Waals surface area contributed by atoms with E-state index in [2.05, 4.69) is 9.97 Å². The van der Waals surface area contributed by atoms with Gasteiger partial charge in [0, 0.05) is 12.7 Å². The number of aliphatic hydroxyl groups is 1. The van der Waals surface area contributed by atoms with Crippen LogP contribution in [0, 0.1) is 13.8 Å². The molecule has 0 saturated heterocycles. The van der Waals surface area contributed by atoms with Crippen molar-refractivity contribution in [1.29, 1.82) is 0 Å². The van der Waals surface area contributed by atoms with Crippen LogP contribution in [0.25, 0.3) is 11.1 Å². The lowest BCUT2D eigenvalue weighted by atomic mass is 10.1. The van der Waals surface area contributed by atoms with Gasteiger partial charge in [0.25, 0.3) is 5.56 Å². The predicted octanol–water partition coefficient (Wildman–Crippen LogP) is 2.96. The number of anilines is 2. The molecule has 126 valence electrons. The van der Waals surface area contributed by atoms with Crippen LogP contribution in [0.3, 0.4) is 0 Å². The summed E-state index contributed by atoms with van der Waals surface area (Å²) in [5.74, 6) is 0. The second kappa shape index (κ2) is 6.13. The van der Waals surface area contributed by atoms with Gasteiger partial charge in [0.15, 0.2) is 5.58 Å². The molecule has 2 heterocycles. The lowest BCUT2D eigenvalue weighted by molar-refractivity contribution is 0.275. The summed E-state index contributed by atoms with van der Waals surface area (Å²) in [6.07, 6.45) is 0.708. The molecule has 0 fully saturated rings. The van der Waals surface area contributed by atoms with E-state index in [1.807, 2.05) is 32.9 Å². The average molecular weight is 327 g/mol. The zero-order chi connectivity index (χ0) is 17.4. The van der Waals surface area contributed by atoms with Crippen LogP contribution in [0.5, 0.6) is 0 Å². The van der Waals surface area contributed by atoms with Crippen molar-refractivity contribution in [2.45, 2.75) is 33.8 Å². The summed E-state index contributed by atoms with van der Waals surface area (Å²) < 4.78 is 5.89. The molecule has 0 unspecified atom stereocenters. The van der Waals surface area contributed by atoms with Crippen LogP contribution in [0.1, 0.15) is 29.3 Å². The third-order valence-corrected chi connectivity index (χ3v) is 4.31. The number of H-pyrrole nitrogens is 1. The maximum Gasteiger partial charge on any atom is 0.302 e. The predicted molar refractivity (Wildman–Crippen MR) is 93.9 cm³/mol. The van der Waals surface area contributed by atoms with Crippen LogP contribution in [-0.2, 0) is 13.0 Å². The number of aryl methyl sites for hydroxylation is 3. The van der Waals surface area contributed by atoms with Crippen molar-refractivity contribution in [2.24, 2.45) is 0 Å². The third kappa shape index (κ3) is 2.59. The number of aromatic amines is 1. The molecule has 0 saturated carbocycles. The minimum Gasteiger partial charge on any atom is -0.423 e. The molecule has 0 radical (unpaired) electrons. The minimum absolute atomic E-state index is 0.191. The standard InChI is InChI=1S/C18H21N3O3/c1-5-12-8-14(17(23)19-13(12)9-22)21(4)18-20-15-10(2)6-7-11(3)16(15)24-18/h6-8,22H,5,9H2,1-4H3,(H,19,23). The summed E-state index contributed by atoms with van der Waals surface area (Å²) in [6, 6.07) is 6.14. The molecule has 0 aliphatic rings. The van der Waals surface area contributed by atoms with E-state index >= 15 is 0 Å². The Morgan fingerprint density at radius 1 is 1.29 bits per heavy atom. The van der Waals surface area contributed by atoms with Crippen LogP contribution >= 0.6 is 0 Å². The van der Waals surface area contributed by atoms with Crippen molar-refractivity contribution in [1.82, 2.24) is 9.97 Å². The highest BCUT2D eigenvalue weighted by atomic mass is 16.4. The van der Waals surface area contributed by atoms with E-state index in [9.17, 15) is 9.90 Å². The summed E-state index contributed by atoms with van der Waals surface area (Å²) in [4.78, 5) is 21.3. The van der Waals surface area contributed by atoms with E-state index in [1.165, 1.54) is 0 Å². The molecule has 0 spiro atoms. The van der Waals surface area contributed by atoms with Gasteiger partial charge in [-0.05, 0) is 43.0 Å². The van der Waals surface area contributed by atoms with Gasteiger partial charge >= 0.3 is 6.01 Å². The lowest BCUT2D eigenvalue weighted by Gasteiger charge is -2.15. The first-order chi connectivity index (χ1) is 11.5. The third-order valence-electron chi connectivity index (χ3n) is 4.31. The van der Waals surface area contributed by atoms with Crippen molar-refractivity contribution in [2.75, 3.05) is 11.9 Å². The highest BCUT2D eigenvalue weighted by Crippen LogP contribution is 2.29. The zero-order valence-corrected chi connectivity index (χ0v) is 14.3. The topological polar surface area (TPSA) is 82.4 Å². The second-order valence-electron chi connectivity index (χ2n) is 5.93. The quantitative estimate of drug-likeness (QED) is 0.770. The first-order valence-electron chi connectivity index (χ1n) is 7.92. The van der Waals surface area contributed by atoms with E-state index in [4.69, 9.17) is 4.42 Å². The number of oxazole rings is 1. The Bertz CT molecular complexity index is 917. The van der Waals surface area contributed by atoms with E-state index in [1.54, 1.807) is 18.0 Å². The number of benzene rings is 1. The smallest absolute Gasteiger partial charge is 0.302 e. The summed E-state index contributed by atoms with van der Waals surface area (Å²) >= 11 is 0. The van der Waals surface area contributed by atoms with Crippen LogP contribution in [0.4, 0.5) is 11.7 Å². The van der Waals surface area contributed by atoms with Gasteiger partial charge in [0.1, 0.15) is 11.2 Å². The van der Waals surface area contributed by atoms with Gasteiger partial charge in [0.2, 0.25) is 0 Å². The van der Waals surface area contributed by atoms with E-state index in [-0.39, 0.29) is 12.2 Å². The minimum atomic E-state index is -0.283. The Labute approximate surface area is 139 Å². The fourth-order valence-corrected chi connectivity index (χ4v) is 2.80. The van der Waals surface area contributed by atoms with Crippen molar-refractivity contribution in [3.8, 4) is 0 Å². The van der Waals surface area contributed by atoms with Gasteiger partial charge in [-0.1, -0.05) is 19.1 Å².